The van der Waals surface area contributed by atoms with E-state index in [1.54, 1.807) is 48.5 Å². The summed E-state index contributed by atoms with van der Waals surface area (Å²) in [6.45, 7) is 3.61. The molecule has 1 N–H and O–H groups in total. The van der Waals surface area contributed by atoms with E-state index >= 15 is 0 Å². The Labute approximate surface area is 168 Å². The molecule has 28 heavy (non-hydrogen) atoms. The van der Waals surface area contributed by atoms with E-state index in [1.807, 2.05) is 13.8 Å². The van der Waals surface area contributed by atoms with Gasteiger partial charge in [-0.1, -0.05) is 47.0 Å². The first kappa shape index (κ1) is 20.3. The lowest BCUT2D eigenvalue weighted by Crippen LogP contribution is -2.32. The molecule has 0 bridgehead atoms. The van der Waals surface area contributed by atoms with E-state index in [9.17, 15) is 14.7 Å². The average molecular weight is 405 g/mol. The van der Waals surface area contributed by atoms with Crippen LogP contribution in [0.1, 0.15) is 38.3 Å². The summed E-state index contributed by atoms with van der Waals surface area (Å²) in [6, 6.07) is 13.8. The number of halogens is 1. The first-order valence-corrected chi connectivity index (χ1v) is 9.22. The number of benzene rings is 2. The molecule has 7 heteroatoms. The van der Waals surface area contributed by atoms with Crippen LogP contribution >= 0.6 is 11.6 Å². The highest BCUT2D eigenvalue weighted by Gasteiger charge is 2.47. The van der Waals surface area contributed by atoms with Gasteiger partial charge in [0.05, 0.1) is 17.5 Å². The Morgan fingerprint density at radius 1 is 1.04 bits per heavy atom. The first-order chi connectivity index (χ1) is 13.2. The van der Waals surface area contributed by atoms with Gasteiger partial charge >= 0.3 is 11.9 Å². The second-order valence-corrected chi connectivity index (χ2v) is 7.41. The Bertz CT molecular complexity index is 844. The summed E-state index contributed by atoms with van der Waals surface area (Å²) >= 11 is 5.86. The van der Waals surface area contributed by atoms with Crippen LogP contribution in [0.3, 0.4) is 0 Å². The van der Waals surface area contributed by atoms with Crippen molar-refractivity contribution in [3.63, 3.8) is 0 Å². The van der Waals surface area contributed by atoms with Crippen molar-refractivity contribution in [3.05, 3.63) is 70.8 Å². The van der Waals surface area contributed by atoms with Crippen molar-refractivity contribution < 1.29 is 28.9 Å². The smallest absolute Gasteiger partial charge is 0.338 e. The molecule has 1 heterocycles. The molecule has 0 amide bonds. The van der Waals surface area contributed by atoms with Crippen LogP contribution in [0.4, 0.5) is 0 Å². The van der Waals surface area contributed by atoms with E-state index < -0.39 is 29.4 Å². The Kier molecular flexibility index (Phi) is 6.03. The summed E-state index contributed by atoms with van der Waals surface area (Å²) in [6.07, 6.45) is -1.88. The van der Waals surface area contributed by atoms with E-state index in [4.69, 9.17) is 25.8 Å². The van der Waals surface area contributed by atoms with Gasteiger partial charge in [0, 0.05) is 0 Å². The van der Waals surface area contributed by atoms with E-state index in [2.05, 4.69) is 0 Å². The minimum Gasteiger partial charge on any atom is -0.459 e. The second kappa shape index (κ2) is 8.31. The standard InChI is InChI=1S/C21H21ClO6/c1-13-3-7-15(8-4-13)19(23)26-12-18-17(11-21(22,25)28-18)27-20(24)16-9-5-14(2)6-10-16/h3-10,17-18,25H,11-12H2,1-2H3. The Morgan fingerprint density at radius 3 is 2.07 bits per heavy atom. The molecule has 0 aliphatic carbocycles. The summed E-state index contributed by atoms with van der Waals surface area (Å²) in [5.74, 6) is -1.12. The molecular weight excluding hydrogens is 384 g/mol. The SMILES string of the molecule is Cc1ccc(C(=O)OCC2OC(O)(Cl)CC2OC(=O)c2ccc(C)cc2)cc1. The highest BCUT2D eigenvalue weighted by molar-refractivity contribution is 6.21. The molecule has 1 aliphatic heterocycles. The van der Waals surface area contributed by atoms with Crippen molar-refractivity contribution in [2.45, 2.75) is 37.7 Å². The van der Waals surface area contributed by atoms with E-state index in [0.717, 1.165) is 11.1 Å². The van der Waals surface area contributed by atoms with Crippen molar-refractivity contribution in [1.82, 2.24) is 0 Å². The van der Waals surface area contributed by atoms with Gasteiger partial charge in [0.15, 0.2) is 0 Å². The number of alkyl halides is 1. The van der Waals surface area contributed by atoms with Gasteiger partial charge in [-0.15, -0.1) is 0 Å². The Balaban J connectivity index is 1.63. The van der Waals surface area contributed by atoms with Crippen LogP contribution in [0, 0.1) is 13.8 Å². The van der Waals surface area contributed by atoms with Gasteiger partial charge in [0.2, 0.25) is 5.25 Å². The predicted octanol–water partition coefficient (Wildman–Crippen LogP) is 3.36. The van der Waals surface area contributed by atoms with Gasteiger partial charge in [0.1, 0.15) is 18.8 Å². The minimum absolute atomic E-state index is 0.140. The highest BCUT2D eigenvalue weighted by atomic mass is 35.5. The van der Waals surface area contributed by atoms with E-state index in [-0.39, 0.29) is 13.0 Å². The number of rotatable bonds is 5. The van der Waals surface area contributed by atoms with Crippen LogP contribution in [-0.2, 0) is 14.2 Å². The predicted molar refractivity (Wildman–Crippen MR) is 102 cm³/mol. The molecule has 2 aromatic rings. The quantitative estimate of drug-likeness (QED) is 0.607. The molecule has 1 saturated heterocycles. The van der Waals surface area contributed by atoms with Crippen LogP contribution in [0.15, 0.2) is 48.5 Å². The zero-order valence-electron chi connectivity index (χ0n) is 15.6. The maximum atomic E-state index is 12.3. The number of esters is 2. The summed E-state index contributed by atoms with van der Waals surface area (Å²) < 4.78 is 16.0. The zero-order valence-corrected chi connectivity index (χ0v) is 16.3. The molecule has 0 saturated carbocycles. The van der Waals surface area contributed by atoms with Crippen LogP contribution in [0.5, 0.6) is 0 Å². The van der Waals surface area contributed by atoms with Crippen LogP contribution in [0.25, 0.3) is 0 Å². The zero-order chi connectivity index (χ0) is 20.3. The number of hydrogen-bond acceptors (Lipinski definition) is 6. The molecule has 0 aromatic heterocycles. The lowest BCUT2D eigenvalue weighted by Gasteiger charge is -2.19. The second-order valence-electron chi connectivity index (χ2n) is 6.82. The van der Waals surface area contributed by atoms with Crippen LogP contribution < -0.4 is 0 Å². The molecule has 0 radical (unpaired) electrons. The molecular formula is C21H21ClO6. The maximum absolute atomic E-state index is 12.3. The number of aliphatic hydroxyl groups is 1. The van der Waals surface area contributed by atoms with E-state index in [1.165, 1.54) is 0 Å². The maximum Gasteiger partial charge on any atom is 0.338 e. The number of carbonyl (C=O) groups is 2. The topological polar surface area (TPSA) is 82.1 Å². The average Bonchev–Trinajstić information content (AvgIpc) is 2.94. The van der Waals surface area contributed by atoms with Gasteiger partial charge in [-0.3, -0.25) is 0 Å². The summed E-state index contributed by atoms with van der Waals surface area (Å²) in [7, 11) is 0. The molecule has 3 rings (SSSR count). The Hall–Kier alpha value is -2.41. The summed E-state index contributed by atoms with van der Waals surface area (Å²) in [4.78, 5) is 24.5. The molecule has 6 nitrogen and oxygen atoms in total. The van der Waals surface area contributed by atoms with Crippen molar-refractivity contribution in [2.75, 3.05) is 6.61 Å². The lowest BCUT2D eigenvalue weighted by atomic mass is 10.1. The van der Waals surface area contributed by atoms with Crippen molar-refractivity contribution in [3.8, 4) is 0 Å². The molecule has 3 atom stereocenters. The van der Waals surface area contributed by atoms with E-state index in [0.29, 0.717) is 11.1 Å². The van der Waals surface area contributed by atoms with Crippen molar-refractivity contribution in [2.24, 2.45) is 0 Å². The fourth-order valence-electron chi connectivity index (χ4n) is 2.82. The number of hydrogen-bond donors (Lipinski definition) is 1. The molecule has 2 aromatic carbocycles. The molecule has 3 unspecified atom stereocenters. The summed E-state index contributed by atoms with van der Waals surface area (Å²) in [5, 5.41) is 7.99. The first-order valence-electron chi connectivity index (χ1n) is 8.84. The van der Waals surface area contributed by atoms with Gasteiger partial charge < -0.3 is 19.3 Å². The monoisotopic (exact) mass is 404 g/mol. The molecule has 1 fully saturated rings. The third-order valence-electron chi connectivity index (χ3n) is 4.41. The molecule has 148 valence electrons. The Morgan fingerprint density at radius 2 is 1.54 bits per heavy atom. The number of carbonyl (C=O) groups excluding carboxylic acids is 2. The van der Waals surface area contributed by atoms with Gasteiger partial charge in [-0.2, -0.15) is 0 Å². The normalized spacial score (nSPS) is 24.0. The van der Waals surface area contributed by atoms with Crippen LogP contribution in [0.2, 0.25) is 0 Å². The highest BCUT2D eigenvalue weighted by Crippen LogP contribution is 2.34. The lowest BCUT2D eigenvalue weighted by molar-refractivity contribution is -0.140. The minimum atomic E-state index is -1.99. The van der Waals surface area contributed by atoms with Crippen LogP contribution in [-0.4, -0.2) is 41.1 Å². The van der Waals surface area contributed by atoms with Crippen molar-refractivity contribution in [1.29, 1.82) is 0 Å². The largest absolute Gasteiger partial charge is 0.459 e. The number of aryl methyl sites for hydroxylation is 2. The number of ether oxygens (including phenoxy) is 3. The van der Waals surface area contributed by atoms with Gasteiger partial charge in [-0.25, -0.2) is 9.59 Å². The third kappa shape index (κ3) is 5.10. The summed E-state index contributed by atoms with van der Waals surface area (Å²) in [5.41, 5.74) is 2.78. The fraction of sp³-hybridized carbons (Fsp3) is 0.333. The van der Waals surface area contributed by atoms with Crippen molar-refractivity contribution >= 4 is 23.5 Å². The third-order valence-corrected chi connectivity index (χ3v) is 4.65. The van der Waals surface area contributed by atoms with Gasteiger partial charge in [0.25, 0.3) is 0 Å². The molecule has 1 aliphatic rings. The van der Waals surface area contributed by atoms with Gasteiger partial charge in [-0.05, 0) is 38.1 Å². The fourth-order valence-corrected chi connectivity index (χ4v) is 3.09. The molecule has 0 spiro atoms.